The lowest BCUT2D eigenvalue weighted by molar-refractivity contribution is -0.136. The predicted octanol–water partition coefficient (Wildman–Crippen LogP) is 2.91. The van der Waals surface area contributed by atoms with Crippen molar-refractivity contribution < 1.29 is 23.8 Å². The van der Waals surface area contributed by atoms with Crippen LogP contribution in [-0.4, -0.2) is 37.6 Å². The van der Waals surface area contributed by atoms with Crippen LogP contribution >= 0.6 is 11.3 Å². The van der Waals surface area contributed by atoms with Crippen LogP contribution in [0, 0.1) is 6.92 Å². The fourth-order valence-electron chi connectivity index (χ4n) is 1.90. The third kappa shape index (κ3) is 4.66. The summed E-state index contributed by atoms with van der Waals surface area (Å²) in [5, 5.41) is 2.73. The molecule has 2 rings (SSSR count). The third-order valence-corrected chi connectivity index (χ3v) is 3.87. The number of methoxy groups -OCH3 is 2. The number of Topliss-reactive ketones (excluding diaryl/α,β-unsaturated/α-hetero) is 1. The molecule has 0 saturated heterocycles. The number of carbonyl (C=O) groups is 2. The Bertz CT molecular complexity index is 766. The molecule has 0 aliphatic heterocycles. The fraction of sp³-hybridized carbons (Fsp3) is 0.235. The summed E-state index contributed by atoms with van der Waals surface area (Å²) in [7, 11) is 2.98. The quantitative estimate of drug-likeness (QED) is 0.435. The molecule has 0 saturated carbocycles. The molecule has 0 unspecified atom stereocenters. The van der Waals surface area contributed by atoms with E-state index in [4.69, 9.17) is 14.2 Å². The molecule has 7 heteroatoms. The number of aryl methyl sites for hydroxylation is 1. The molecule has 6 nitrogen and oxygen atoms in total. The Morgan fingerprint density at radius 1 is 1.25 bits per heavy atom. The second kappa shape index (κ2) is 8.26. The number of ether oxygens (including phenoxy) is 3. The number of carbonyl (C=O) groups excluding carboxylic acids is 2. The smallest absolute Gasteiger partial charge is 0.331 e. The molecule has 24 heavy (non-hydrogen) atoms. The Labute approximate surface area is 143 Å². The van der Waals surface area contributed by atoms with E-state index in [1.54, 1.807) is 24.3 Å². The Kier molecular flexibility index (Phi) is 6.08. The molecule has 0 N–H and O–H groups in total. The highest BCUT2D eigenvalue weighted by atomic mass is 32.1. The topological polar surface area (TPSA) is 74.7 Å². The van der Waals surface area contributed by atoms with Crippen LogP contribution in [0.15, 0.2) is 29.7 Å². The summed E-state index contributed by atoms with van der Waals surface area (Å²) in [4.78, 5) is 28.0. The summed E-state index contributed by atoms with van der Waals surface area (Å²) in [6, 6.07) is 4.81. The van der Waals surface area contributed by atoms with E-state index in [1.165, 1.54) is 31.6 Å². The van der Waals surface area contributed by atoms with Gasteiger partial charge >= 0.3 is 5.97 Å². The molecule has 2 aromatic rings. The van der Waals surface area contributed by atoms with E-state index in [0.29, 0.717) is 22.8 Å². The zero-order valence-corrected chi connectivity index (χ0v) is 14.4. The van der Waals surface area contributed by atoms with Crippen molar-refractivity contribution in [3.05, 3.63) is 45.9 Å². The predicted molar refractivity (Wildman–Crippen MR) is 90.7 cm³/mol. The van der Waals surface area contributed by atoms with Crippen molar-refractivity contribution in [2.24, 2.45) is 0 Å². The molecule has 0 atom stereocenters. The SMILES string of the molecule is COc1ccc(C(=O)COC(=O)/C=C/c2csc(C)n2)c(OC)c1. The van der Waals surface area contributed by atoms with Gasteiger partial charge in [-0.2, -0.15) is 0 Å². The maximum Gasteiger partial charge on any atom is 0.331 e. The maximum atomic E-state index is 12.2. The van der Waals surface area contributed by atoms with E-state index in [1.807, 2.05) is 12.3 Å². The van der Waals surface area contributed by atoms with Crippen molar-refractivity contribution in [1.82, 2.24) is 4.98 Å². The standard InChI is InChI=1S/C17H17NO5S/c1-11-18-12(10-24-11)4-7-17(20)23-9-15(19)14-6-5-13(21-2)8-16(14)22-3/h4-8,10H,9H2,1-3H3/b7-4+. The number of rotatable bonds is 7. The van der Waals surface area contributed by atoms with Crippen molar-refractivity contribution >= 4 is 29.2 Å². The van der Waals surface area contributed by atoms with Crippen molar-refractivity contribution in [2.75, 3.05) is 20.8 Å². The van der Waals surface area contributed by atoms with E-state index in [9.17, 15) is 9.59 Å². The first kappa shape index (κ1) is 17.7. The van der Waals surface area contributed by atoms with Gasteiger partial charge in [0.05, 0.1) is 30.5 Å². The second-order valence-corrected chi connectivity index (χ2v) is 5.78. The van der Waals surface area contributed by atoms with Crippen LogP contribution in [0.4, 0.5) is 0 Å². The van der Waals surface area contributed by atoms with Gasteiger partial charge in [-0.1, -0.05) is 0 Å². The van der Waals surface area contributed by atoms with Crippen LogP contribution in [0.3, 0.4) is 0 Å². The number of thiazole rings is 1. The molecule has 0 amide bonds. The van der Waals surface area contributed by atoms with Gasteiger partial charge in [0.25, 0.3) is 0 Å². The molecule has 126 valence electrons. The molecule has 0 spiro atoms. The average molecular weight is 347 g/mol. The summed E-state index contributed by atoms with van der Waals surface area (Å²) in [5.41, 5.74) is 1.00. The Morgan fingerprint density at radius 2 is 2.04 bits per heavy atom. The van der Waals surface area contributed by atoms with Gasteiger partial charge in [-0.15, -0.1) is 11.3 Å². The van der Waals surface area contributed by atoms with Crippen LogP contribution in [0.1, 0.15) is 21.1 Å². The van der Waals surface area contributed by atoms with Gasteiger partial charge < -0.3 is 14.2 Å². The van der Waals surface area contributed by atoms with Gasteiger partial charge in [-0.3, -0.25) is 4.79 Å². The van der Waals surface area contributed by atoms with Crippen molar-refractivity contribution in [2.45, 2.75) is 6.92 Å². The van der Waals surface area contributed by atoms with Gasteiger partial charge in [0.2, 0.25) is 5.78 Å². The number of benzene rings is 1. The lowest BCUT2D eigenvalue weighted by Crippen LogP contribution is -2.13. The minimum Gasteiger partial charge on any atom is -0.497 e. The fourth-order valence-corrected chi connectivity index (χ4v) is 2.48. The number of nitrogens with zero attached hydrogens (tertiary/aromatic N) is 1. The molecule has 0 radical (unpaired) electrons. The van der Waals surface area contributed by atoms with Crippen LogP contribution in [0.2, 0.25) is 0 Å². The normalized spacial score (nSPS) is 10.6. The number of aromatic nitrogens is 1. The molecule has 1 heterocycles. The molecular formula is C17H17NO5S. The molecule has 0 fully saturated rings. The largest absolute Gasteiger partial charge is 0.497 e. The minimum absolute atomic E-state index is 0.324. The Morgan fingerprint density at radius 3 is 2.67 bits per heavy atom. The summed E-state index contributed by atoms with van der Waals surface area (Å²) in [5.74, 6) is -0.0342. The highest BCUT2D eigenvalue weighted by Crippen LogP contribution is 2.25. The summed E-state index contributed by atoms with van der Waals surface area (Å²) >= 11 is 1.49. The minimum atomic E-state index is -0.610. The number of hydrogen-bond acceptors (Lipinski definition) is 7. The molecule has 0 aliphatic rings. The van der Waals surface area contributed by atoms with E-state index in [-0.39, 0.29) is 12.4 Å². The molecule has 0 aliphatic carbocycles. The van der Waals surface area contributed by atoms with Gasteiger partial charge in [0.1, 0.15) is 11.5 Å². The lowest BCUT2D eigenvalue weighted by Gasteiger charge is -2.09. The summed E-state index contributed by atoms with van der Waals surface area (Å²) < 4.78 is 15.2. The van der Waals surface area contributed by atoms with Gasteiger partial charge in [0, 0.05) is 17.5 Å². The van der Waals surface area contributed by atoms with Crippen molar-refractivity contribution in [3.63, 3.8) is 0 Å². The van der Waals surface area contributed by atoms with E-state index >= 15 is 0 Å². The van der Waals surface area contributed by atoms with E-state index < -0.39 is 5.97 Å². The monoisotopic (exact) mass is 347 g/mol. The van der Waals surface area contributed by atoms with E-state index in [0.717, 1.165) is 5.01 Å². The van der Waals surface area contributed by atoms with Gasteiger partial charge in [-0.25, -0.2) is 9.78 Å². The highest BCUT2D eigenvalue weighted by Gasteiger charge is 2.15. The molecule has 1 aromatic heterocycles. The second-order valence-electron chi connectivity index (χ2n) is 4.72. The molecular weight excluding hydrogens is 330 g/mol. The summed E-state index contributed by atoms with van der Waals surface area (Å²) in [6.45, 7) is 1.50. The number of hydrogen-bond donors (Lipinski definition) is 0. The van der Waals surface area contributed by atoms with Crippen LogP contribution < -0.4 is 9.47 Å². The third-order valence-electron chi connectivity index (χ3n) is 3.08. The Balaban J connectivity index is 1.95. The van der Waals surface area contributed by atoms with Crippen molar-refractivity contribution in [3.8, 4) is 11.5 Å². The highest BCUT2D eigenvalue weighted by molar-refractivity contribution is 7.09. The van der Waals surface area contributed by atoms with Crippen molar-refractivity contribution in [1.29, 1.82) is 0 Å². The number of esters is 1. The number of ketones is 1. The average Bonchev–Trinajstić information content (AvgIpc) is 3.02. The maximum absolute atomic E-state index is 12.2. The van der Waals surface area contributed by atoms with Crippen LogP contribution in [-0.2, 0) is 9.53 Å². The van der Waals surface area contributed by atoms with E-state index in [2.05, 4.69) is 4.98 Å². The lowest BCUT2D eigenvalue weighted by atomic mass is 10.1. The first-order valence-electron chi connectivity index (χ1n) is 7.05. The first-order valence-corrected chi connectivity index (χ1v) is 7.93. The summed E-state index contributed by atoms with van der Waals surface area (Å²) in [6.07, 6.45) is 2.79. The zero-order valence-electron chi connectivity index (χ0n) is 13.6. The molecule has 1 aromatic carbocycles. The Hall–Kier alpha value is -2.67. The van der Waals surface area contributed by atoms with Crippen LogP contribution in [0.5, 0.6) is 11.5 Å². The van der Waals surface area contributed by atoms with Gasteiger partial charge in [-0.05, 0) is 25.1 Å². The van der Waals surface area contributed by atoms with Crippen LogP contribution in [0.25, 0.3) is 6.08 Å². The zero-order chi connectivity index (χ0) is 17.5. The van der Waals surface area contributed by atoms with Gasteiger partial charge in [0.15, 0.2) is 6.61 Å². The first-order chi connectivity index (χ1) is 11.5. The molecule has 0 bridgehead atoms.